The number of allylic oxidation sites excluding steroid dienone is 1. The number of aryl methyl sites for hydroxylation is 1. The topological polar surface area (TPSA) is 71.9 Å². The fourth-order valence-corrected chi connectivity index (χ4v) is 2.68. The number of aromatic nitrogens is 1. The number of non-ortho nitro benzene ring substituents is 1. The van der Waals surface area contributed by atoms with E-state index in [1.54, 1.807) is 18.2 Å². The summed E-state index contributed by atoms with van der Waals surface area (Å²) in [5.74, 6) is 0. The molecule has 25 heavy (non-hydrogen) atoms. The number of para-hydroxylation sites is 1. The fraction of sp³-hybridized carbons (Fsp3) is 0.0500. The van der Waals surface area contributed by atoms with Gasteiger partial charge in [0.2, 0.25) is 0 Å². The van der Waals surface area contributed by atoms with Gasteiger partial charge in [0.25, 0.3) is 5.69 Å². The Bertz CT molecular complexity index is 1010. The second-order valence-electron chi connectivity index (χ2n) is 5.57. The summed E-state index contributed by atoms with van der Waals surface area (Å²) in [5, 5.41) is 20.5. The maximum atomic E-state index is 11.0. The van der Waals surface area contributed by atoms with Crippen molar-refractivity contribution in [1.29, 1.82) is 5.26 Å². The summed E-state index contributed by atoms with van der Waals surface area (Å²) < 4.78 is 1.99. The number of benzene rings is 2. The van der Waals surface area contributed by atoms with Crippen LogP contribution in [0.3, 0.4) is 0 Å². The molecule has 1 heterocycles. The molecule has 0 aliphatic heterocycles. The monoisotopic (exact) mass is 329 g/mol. The van der Waals surface area contributed by atoms with Gasteiger partial charge < -0.3 is 4.57 Å². The summed E-state index contributed by atoms with van der Waals surface area (Å²) in [4.78, 5) is 10.5. The minimum atomic E-state index is -0.464. The zero-order valence-corrected chi connectivity index (χ0v) is 13.6. The molecule has 122 valence electrons. The first kappa shape index (κ1) is 16.2. The second kappa shape index (κ2) is 6.85. The van der Waals surface area contributed by atoms with Crippen LogP contribution in [-0.4, -0.2) is 9.49 Å². The molecule has 3 aromatic rings. The van der Waals surface area contributed by atoms with E-state index < -0.39 is 4.92 Å². The van der Waals surface area contributed by atoms with Crippen LogP contribution >= 0.6 is 0 Å². The number of rotatable bonds is 4. The van der Waals surface area contributed by atoms with Crippen molar-refractivity contribution in [2.45, 2.75) is 6.92 Å². The Kier molecular flexibility index (Phi) is 4.44. The fourth-order valence-electron chi connectivity index (χ4n) is 2.68. The van der Waals surface area contributed by atoms with E-state index in [4.69, 9.17) is 0 Å². The van der Waals surface area contributed by atoms with Gasteiger partial charge >= 0.3 is 0 Å². The zero-order chi connectivity index (χ0) is 17.8. The van der Waals surface area contributed by atoms with Crippen LogP contribution in [0.5, 0.6) is 0 Å². The minimum absolute atomic E-state index is 0.0343. The van der Waals surface area contributed by atoms with Gasteiger partial charge in [-0.2, -0.15) is 5.26 Å². The largest absolute Gasteiger partial charge is 0.317 e. The van der Waals surface area contributed by atoms with Crippen LogP contribution in [0.25, 0.3) is 17.3 Å². The first-order valence-electron chi connectivity index (χ1n) is 7.70. The first-order valence-corrected chi connectivity index (χ1v) is 7.70. The highest BCUT2D eigenvalue weighted by molar-refractivity contribution is 5.89. The number of nitriles is 1. The van der Waals surface area contributed by atoms with E-state index in [2.05, 4.69) is 6.07 Å². The molecule has 0 N–H and O–H groups in total. The van der Waals surface area contributed by atoms with Gasteiger partial charge in [0.1, 0.15) is 0 Å². The molecular weight excluding hydrogens is 314 g/mol. The Labute approximate surface area is 145 Å². The van der Waals surface area contributed by atoms with Crippen LogP contribution in [0.4, 0.5) is 5.69 Å². The van der Waals surface area contributed by atoms with Crippen molar-refractivity contribution in [1.82, 2.24) is 4.57 Å². The number of nitrogens with zero attached hydrogens (tertiary/aromatic N) is 3. The summed E-state index contributed by atoms with van der Waals surface area (Å²) >= 11 is 0. The highest BCUT2D eigenvalue weighted by Crippen LogP contribution is 2.24. The molecule has 5 heteroatoms. The number of nitro groups is 1. The van der Waals surface area contributed by atoms with Crippen molar-refractivity contribution < 1.29 is 4.92 Å². The molecule has 0 saturated heterocycles. The van der Waals surface area contributed by atoms with Gasteiger partial charge in [-0.05, 0) is 42.3 Å². The van der Waals surface area contributed by atoms with Gasteiger partial charge in [0.15, 0.2) is 0 Å². The molecule has 2 aromatic carbocycles. The Morgan fingerprint density at radius 3 is 2.68 bits per heavy atom. The molecule has 0 amide bonds. The predicted octanol–water partition coefficient (Wildman–Crippen LogP) is 4.76. The van der Waals surface area contributed by atoms with E-state index in [0.717, 1.165) is 16.9 Å². The van der Waals surface area contributed by atoms with Crippen LogP contribution < -0.4 is 0 Å². The van der Waals surface area contributed by atoms with Crippen LogP contribution in [0, 0.1) is 28.4 Å². The molecule has 0 saturated carbocycles. The van der Waals surface area contributed by atoms with E-state index in [9.17, 15) is 15.4 Å². The van der Waals surface area contributed by atoms with E-state index in [0.29, 0.717) is 11.1 Å². The van der Waals surface area contributed by atoms with E-state index in [-0.39, 0.29) is 5.69 Å². The molecule has 0 atom stereocenters. The summed E-state index contributed by atoms with van der Waals surface area (Å²) in [7, 11) is 0. The van der Waals surface area contributed by atoms with Crippen LogP contribution in [-0.2, 0) is 0 Å². The van der Waals surface area contributed by atoms with Crippen LogP contribution in [0.1, 0.15) is 16.8 Å². The van der Waals surface area contributed by atoms with Crippen molar-refractivity contribution in [3.8, 4) is 11.8 Å². The van der Waals surface area contributed by atoms with Gasteiger partial charge in [-0.1, -0.05) is 30.3 Å². The summed E-state index contributed by atoms with van der Waals surface area (Å²) in [6.07, 6.45) is 3.67. The number of nitro benzene ring substituents is 1. The summed E-state index contributed by atoms with van der Waals surface area (Å²) in [5.41, 5.74) is 3.83. The zero-order valence-electron chi connectivity index (χ0n) is 13.6. The van der Waals surface area contributed by atoms with Crippen molar-refractivity contribution in [3.63, 3.8) is 0 Å². The lowest BCUT2D eigenvalue weighted by Crippen LogP contribution is -1.97. The van der Waals surface area contributed by atoms with E-state index in [1.807, 2.05) is 54.1 Å². The average molecular weight is 329 g/mol. The average Bonchev–Trinajstić information content (AvgIpc) is 3.08. The molecule has 0 bridgehead atoms. The maximum Gasteiger partial charge on any atom is 0.270 e. The second-order valence-corrected chi connectivity index (χ2v) is 5.57. The molecule has 0 unspecified atom stereocenters. The molecule has 0 radical (unpaired) electrons. The normalized spacial score (nSPS) is 11.1. The Morgan fingerprint density at radius 1 is 1.16 bits per heavy atom. The van der Waals surface area contributed by atoms with Gasteiger partial charge in [0, 0.05) is 29.7 Å². The number of hydrogen-bond acceptors (Lipinski definition) is 3. The van der Waals surface area contributed by atoms with Crippen LogP contribution in [0.15, 0.2) is 66.9 Å². The Balaban J connectivity index is 2.07. The lowest BCUT2D eigenvalue weighted by atomic mass is 10.1. The molecule has 3 rings (SSSR count). The van der Waals surface area contributed by atoms with Gasteiger partial charge in [-0.25, -0.2) is 0 Å². The maximum absolute atomic E-state index is 11.0. The third-order valence-corrected chi connectivity index (χ3v) is 3.94. The molecule has 1 aromatic heterocycles. The van der Waals surface area contributed by atoms with Crippen molar-refractivity contribution in [2.75, 3.05) is 0 Å². The third-order valence-electron chi connectivity index (χ3n) is 3.94. The molecule has 5 nitrogen and oxygen atoms in total. The highest BCUT2D eigenvalue weighted by atomic mass is 16.6. The van der Waals surface area contributed by atoms with Gasteiger partial charge in [0.05, 0.1) is 16.6 Å². The van der Waals surface area contributed by atoms with Crippen molar-refractivity contribution >= 4 is 17.3 Å². The molecule has 0 fully saturated rings. The lowest BCUT2D eigenvalue weighted by Gasteiger charge is -2.10. The molecular formula is C20H15N3O2. The van der Waals surface area contributed by atoms with Gasteiger partial charge in [-0.3, -0.25) is 10.1 Å². The Hall–Kier alpha value is -3.65. The van der Waals surface area contributed by atoms with Crippen molar-refractivity contribution in [2.24, 2.45) is 0 Å². The smallest absolute Gasteiger partial charge is 0.270 e. The number of hydrogen-bond donors (Lipinski definition) is 0. The summed E-state index contributed by atoms with van der Waals surface area (Å²) in [6, 6.07) is 20.0. The van der Waals surface area contributed by atoms with E-state index >= 15 is 0 Å². The quantitative estimate of drug-likeness (QED) is 0.393. The minimum Gasteiger partial charge on any atom is -0.317 e. The lowest BCUT2D eigenvalue weighted by molar-refractivity contribution is -0.384. The van der Waals surface area contributed by atoms with Gasteiger partial charge in [-0.15, -0.1) is 0 Å². The predicted molar refractivity (Wildman–Crippen MR) is 97.1 cm³/mol. The van der Waals surface area contributed by atoms with E-state index in [1.165, 1.54) is 12.1 Å². The summed E-state index contributed by atoms with van der Waals surface area (Å²) in [6.45, 7) is 2.02. The standard InChI is InChI=1S/C20H15N3O2/c1-15-6-2-3-10-20(15)22-11-5-9-18(22)13-17(14-21)16-7-4-8-19(12-16)23(24)25/h2-13H,1H3/b17-13-. The highest BCUT2D eigenvalue weighted by Gasteiger charge is 2.10. The molecule has 0 spiro atoms. The Morgan fingerprint density at radius 2 is 1.96 bits per heavy atom. The van der Waals surface area contributed by atoms with Crippen molar-refractivity contribution in [3.05, 3.63) is 93.8 Å². The first-order chi connectivity index (χ1) is 12.1. The third kappa shape index (κ3) is 3.33. The SMILES string of the molecule is Cc1ccccc1-n1cccc1/C=C(/C#N)c1cccc([N+](=O)[O-])c1. The molecule has 0 aliphatic rings. The molecule has 0 aliphatic carbocycles. The van der Waals surface area contributed by atoms with Crippen LogP contribution in [0.2, 0.25) is 0 Å².